The van der Waals surface area contributed by atoms with Crippen LogP contribution in [-0.4, -0.2) is 18.4 Å². The second kappa shape index (κ2) is 6.60. The van der Waals surface area contributed by atoms with Gasteiger partial charge in [0.1, 0.15) is 5.76 Å². The summed E-state index contributed by atoms with van der Waals surface area (Å²) in [5, 5.41) is 5.28. The lowest BCUT2D eigenvalue weighted by molar-refractivity contribution is -0.120. The van der Waals surface area contributed by atoms with Crippen molar-refractivity contribution in [1.29, 1.82) is 0 Å². The highest BCUT2D eigenvalue weighted by Gasteiger charge is 2.13. The molecule has 21 heavy (non-hydrogen) atoms. The molecule has 1 atom stereocenters. The summed E-state index contributed by atoms with van der Waals surface area (Å²) >= 11 is 0. The van der Waals surface area contributed by atoms with Crippen molar-refractivity contribution in [3.63, 3.8) is 0 Å². The second-order valence-electron chi connectivity index (χ2n) is 4.61. The van der Waals surface area contributed by atoms with Gasteiger partial charge >= 0.3 is 0 Å². The van der Waals surface area contributed by atoms with Crippen molar-refractivity contribution in [2.24, 2.45) is 0 Å². The number of hydrogen-bond acceptors (Lipinski definition) is 4. The standard InChI is InChI=1S/C15H17N3O3/c1-10(13-3-2-8-21-13)18-14(19)9-17-15(20)11-4-6-12(16)7-5-11/h2-8,10H,9,16H2,1H3,(H,17,20)(H,18,19)/t10-/m0/s1. The molecule has 0 unspecified atom stereocenters. The summed E-state index contributed by atoms with van der Waals surface area (Å²) in [5.41, 5.74) is 6.58. The zero-order valence-electron chi connectivity index (χ0n) is 11.6. The first-order chi connectivity index (χ1) is 10.1. The van der Waals surface area contributed by atoms with Gasteiger partial charge in [-0.2, -0.15) is 0 Å². The summed E-state index contributed by atoms with van der Waals surface area (Å²) in [5.74, 6) is 0.0479. The molecule has 1 heterocycles. The summed E-state index contributed by atoms with van der Waals surface area (Å²) in [6.07, 6.45) is 1.54. The molecule has 6 heteroatoms. The van der Waals surface area contributed by atoms with Gasteiger partial charge in [0.25, 0.3) is 5.91 Å². The summed E-state index contributed by atoms with van der Waals surface area (Å²) in [4.78, 5) is 23.6. The maximum absolute atomic E-state index is 11.8. The Bertz CT molecular complexity index is 606. The van der Waals surface area contributed by atoms with Crippen molar-refractivity contribution in [2.75, 3.05) is 12.3 Å². The van der Waals surface area contributed by atoms with Crippen LogP contribution in [0.25, 0.3) is 0 Å². The summed E-state index contributed by atoms with van der Waals surface area (Å²) in [7, 11) is 0. The predicted octanol–water partition coefficient (Wildman–Crippen LogP) is 1.47. The van der Waals surface area contributed by atoms with Crippen LogP contribution in [0.3, 0.4) is 0 Å². The predicted molar refractivity (Wildman–Crippen MR) is 78.5 cm³/mol. The van der Waals surface area contributed by atoms with E-state index >= 15 is 0 Å². The van der Waals surface area contributed by atoms with Gasteiger partial charge in [-0.05, 0) is 43.3 Å². The Morgan fingerprint density at radius 1 is 1.24 bits per heavy atom. The number of furan rings is 1. The number of nitrogens with two attached hydrogens (primary N) is 1. The van der Waals surface area contributed by atoms with E-state index in [9.17, 15) is 9.59 Å². The molecule has 4 N–H and O–H groups in total. The molecule has 0 saturated carbocycles. The van der Waals surface area contributed by atoms with Gasteiger partial charge in [0, 0.05) is 11.3 Å². The monoisotopic (exact) mass is 287 g/mol. The Hall–Kier alpha value is -2.76. The molecule has 0 bridgehead atoms. The Morgan fingerprint density at radius 3 is 2.57 bits per heavy atom. The van der Waals surface area contributed by atoms with Crippen LogP contribution in [0, 0.1) is 0 Å². The van der Waals surface area contributed by atoms with Gasteiger partial charge in [-0.15, -0.1) is 0 Å². The number of amides is 2. The highest BCUT2D eigenvalue weighted by atomic mass is 16.3. The van der Waals surface area contributed by atoms with Crippen molar-refractivity contribution in [1.82, 2.24) is 10.6 Å². The molecule has 0 aliphatic heterocycles. The molecular weight excluding hydrogens is 270 g/mol. The Balaban J connectivity index is 1.81. The fraction of sp³-hybridized carbons (Fsp3) is 0.200. The van der Waals surface area contributed by atoms with Gasteiger partial charge in [-0.3, -0.25) is 9.59 Å². The van der Waals surface area contributed by atoms with Gasteiger partial charge in [0.15, 0.2) is 0 Å². The van der Waals surface area contributed by atoms with Crippen LogP contribution in [-0.2, 0) is 4.79 Å². The molecule has 6 nitrogen and oxygen atoms in total. The van der Waals surface area contributed by atoms with E-state index in [1.54, 1.807) is 49.6 Å². The van der Waals surface area contributed by atoms with Gasteiger partial charge in [-0.25, -0.2) is 0 Å². The highest BCUT2D eigenvalue weighted by molar-refractivity contribution is 5.96. The molecule has 0 saturated heterocycles. The first-order valence-corrected chi connectivity index (χ1v) is 6.53. The van der Waals surface area contributed by atoms with E-state index in [4.69, 9.17) is 10.2 Å². The van der Waals surface area contributed by atoms with E-state index < -0.39 is 0 Å². The van der Waals surface area contributed by atoms with E-state index in [-0.39, 0.29) is 24.4 Å². The third-order valence-electron chi connectivity index (χ3n) is 2.93. The minimum atomic E-state index is -0.323. The van der Waals surface area contributed by atoms with Crippen molar-refractivity contribution >= 4 is 17.5 Å². The first-order valence-electron chi connectivity index (χ1n) is 6.53. The summed E-state index contributed by atoms with van der Waals surface area (Å²) in [6.45, 7) is 1.70. The molecule has 0 aliphatic rings. The zero-order chi connectivity index (χ0) is 15.2. The number of nitrogens with one attached hydrogen (secondary N) is 2. The molecule has 2 rings (SSSR count). The third-order valence-corrected chi connectivity index (χ3v) is 2.93. The second-order valence-corrected chi connectivity index (χ2v) is 4.61. The van der Waals surface area contributed by atoms with Gasteiger partial charge in [0.2, 0.25) is 5.91 Å². The number of anilines is 1. The van der Waals surface area contributed by atoms with Crippen LogP contribution < -0.4 is 16.4 Å². The quantitative estimate of drug-likeness (QED) is 0.725. The number of benzene rings is 1. The van der Waals surface area contributed by atoms with Crippen LogP contribution in [0.5, 0.6) is 0 Å². The van der Waals surface area contributed by atoms with Gasteiger partial charge in [-0.1, -0.05) is 0 Å². The highest BCUT2D eigenvalue weighted by Crippen LogP contribution is 2.11. The molecule has 110 valence electrons. The Labute approximate surface area is 122 Å². The maximum atomic E-state index is 11.8. The average Bonchev–Trinajstić information content (AvgIpc) is 3.00. The van der Waals surface area contributed by atoms with Crippen molar-refractivity contribution < 1.29 is 14.0 Å². The van der Waals surface area contributed by atoms with Gasteiger partial charge in [0.05, 0.1) is 18.8 Å². The number of rotatable bonds is 5. The van der Waals surface area contributed by atoms with Crippen LogP contribution in [0.15, 0.2) is 47.1 Å². The lowest BCUT2D eigenvalue weighted by atomic mass is 10.2. The number of carbonyl (C=O) groups excluding carboxylic acids is 2. The Kier molecular flexibility index (Phi) is 4.61. The van der Waals surface area contributed by atoms with Crippen molar-refractivity contribution in [2.45, 2.75) is 13.0 Å². The zero-order valence-corrected chi connectivity index (χ0v) is 11.6. The fourth-order valence-corrected chi connectivity index (χ4v) is 1.80. The number of nitrogen functional groups attached to an aromatic ring is 1. The SMILES string of the molecule is C[C@H](NC(=O)CNC(=O)c1ccc(N)cc1)c1ccco1. The van der Waals surface area contributed by atoms with Crippen LogP contribution >= 0.6 is 0 Å². The van der Waals surface area contributed by atoms with E-state index in [0.29, 0.717) is 17.0 Å². The minimum absolute atomic E-state index is 0.103. The Morgan fingerprint density at radius 2 is 1.95 bits per heavy atom. The third kappa shape index (κ3) is 4.10. The largest absolute Gasteiger partial charge is 0.467 e. The number of hydrogen-bond donors (Lipinski definition) is 3. The molecule has 2 amide bonds. The number of carbonyl (C=O) groups is 2. The minimum Gasteiger partial charge on any atom is -0.467 e. The average molecular weight is 287 g/mol. The van der Waals surface area contributed by atoms with Crippen molar-refractivity contribution in [3.8, 4) is 0 Å². The molecule has 1 aromatic heterocycles. The fourth-order valence-electron chi connectivity index (χ4n) is 1.80. The van der Waals surface area contributed by atoms with E-state index in [1.807, 2.05) is 0 Å². The maximum Gasteiger partial charge on any atom is 0.251 e. The normalized spacial score (nSPS) is 11.7. The van der Waals surface area contributed by atoms with Crippen LogP contribution in [0.2, 0.25) is 0 Å². The van der Waals surface area contributed by atoms with Crippen LogP contribution in [0.1, 0.15) is 29.1 Å². The van der Waals surface area contributed by atoms with E-state index in [1.165, 1.54) is 0 Å². The summed E-state index contributed by atoms with van der Waals surface area (Å²) < 4.78 is 5.19. The molecule has 2 aromatic rings. The molecule has 0 radical (unpaired) electrons. The topological polar surface area (TPSA) is 97.4 Å². The van der Waals surface area contributed by atoms with E-state index in [2.05, 4.69) is 10.6 Å². The van der Waals surface area contributed by atoms with Crippen LogP contribution in [0.4, 0.5) is 5.69 Å². The van der Waals surface area contributed by atoms with Gasteiger partial charge < -0.3 is 20.8 Å². The lowest BCUT2D eigenvalue weighted by Crippen LogP contribution is -2.37. The smallest absolute Gasteiger partial charge is 0.251 e. The van der Waals surface area contributed by atoms with E-state index in [0.717, 1.165) is 0 Å². The first kappa shape index (κ1) is 14.6. The molecule has 0 fully saturated rings. The van der Waals surface area contributed by atoms with Crippen molar-refractivity contribution in [3.05, 3.63) is 54.0 Å². The molecule has 0 spiro atoms. The molecular formula is C15H17N3O3. The molecule has 0 aliphatic carbocycles. The summed E-state index contributed by atoms with van der Waals surface area (Å²) in [6, 6.07) is 9.75. The lowest BCUT2D eigenvalue weighted by Gasteiger charge is -2.12. The molecule has 1 aromatic carbocycles.